The molecule has 2 atom stereocenters. The quantitative estimate of drug-likeness (QED) is 0.405. The van der Waals surface area contributed by atoms with E-state index in [-0.39, 0.29) is 43.6 Å². The zero-order valence-corrected chi connectivity index (χ0v) is 21.5. The smallest absolute Gasteiger partial charge is 0.411 e. The van der Waals surface area contributed by atoms with Crippen LogP contribution in [-0.4, -0.2) is 87.1 Å². The van der Waals surface area contributed by atoms with E-state index in [4.69, 9.17) is 16.3 Å². The van der Waals surface area contributed by atoms with Crippen molar-refractivity contribution in [3.05, 3.63) is 34.9 Å². The molecule has 13 heteroatoms. The van der Waals surface area contributed by atoms with Crippen molar-refractivity contribution in [2.75, 3.05) is 48.8 Å². The lowest BCUT2D eigenvalue weighted by atomic mass is 10.0. The molecule has 4 N–H and O–H groups in total. The first-order chi connectivity index (χ1) is 17.0. The van der Waals surface area contributed by atoms with Gasteiger partial charge in [0, 0.05) is 31.8 Å². The summed E-state index contributed by atoms with van der Waals surface area (Å²) in [6.45, 7) is 5.45. The Hall–Kier alpha value is -3.38. The number of anilines is 3. The predicted molar refractivity (Wildman–Crippen MR) is 135 cm³/mol. The zero-order chi connectivity index (χ0) is 26.5. The van der Waals surface area contributed by atoms with Crippen LogP contribution < -0.4 is 15.5 Å². The normalized spacial score (nSPS) is 16.9. The summed E-state index contributed by atoms with van der Waals surface area (Å²) >= 11 is 6.36. The van der Waals surface area contributed by atoms with E-state index >= 15 is 0 Å². The molecule has 196 valence electrons. The number of aliphatic hydroxyl groups excluding tert-OH is 1. The molecule has 2 aromatic rings. The molecule has 3 rings (SSSR count). The highest BCUT2D eigenvalue weighted by atomic mass is 35.5. The summed E-state index contributed by atoms with van der Waals surface area (Å²) in [5.41, 5.74) is 0.0265. The number of carbonyl (C=O) groups is 2. The fourth-order valence-corrected chi connectivity index (χ4v) is 4.01. The van der Waals surface area contributed by atoms with Crippen LogP contribution in [0.15, 0.2) is 24.3 Å². The van der Waals surface area contributed by atoms with E-state index < -0.39 is 23.7 Å². The van der Waals surface area contributed by atoms with E-state index in [1.54, 1.807) is 38.8 Å². The molecule has 2 unspecified atom stereocenters. The molecule has 36 heavy (non-hydrogen) atoms. The van der Waals surface area contributed by atoms with Gasteiger partial charge < -0.3 is 30.5 Å². The molecule has 1 saturated heterocycles. The van der Waals surface area contributed by atoms with Crippen LogP contribution in [0.25, 0.3) is 0 Å². The molecule has 0 saturated carbocycles. The van der Waals surface area contributed by atoms with Gasteiger partial charge in [-0.1, -0.05) is 29.8 Å². The van der Waals surface area contributed by atoms with E-state index in [1.165, 1.54) is 4.90 Å². The van der Waals surface area contributed by atoms with Crippen LogP contribution in [0.4, 0.5) is 22.6 Å². The van der Waals surface area contributed by atoms with Gasteiger partial charge in [-0.15, -0.1) is 0 Å². The molecule has 0 aliphatic carbocycles. The number of nitrogens with one attached hydrogen (secondary N) is 2. The minimum Gasteiger partial charge on any atom is -0.480 e. The Morgan fingerprint density at radius 3 is 2.50 bits per heavy atom. The van der Waals surface area contributed by atoms with Crippen LogP contribution in [0, 0.1) is 0 Å². The molecule has 0 radical (unpaired) electrons. The van der Waals surface area contributed by atoms with Gasteiger partial charge in [-0.3, -0.25) is 4.90 Å². The highest BCUT2D eigenvalue weighted by molar-refractivity contribution is 6.31. The van der Waals surface area contributed by atoms with Crippen molar-refractivity contribution in [1.82, 2.24) is 19.9 Å². The van der Waals surface area contributed by atoms with E-state index in [9.17, 15) is 19.8 Å². The van der Waals surface area contributed by atoms with Gasteiger partial charge >= 0.3 is 12.1 Å². The number of aliphatic hydroxyl groups is 1. The average Bonchev–Trinajstić information content (AvgIpc) is 2.82. The van der Waals surface area contributed by atoms with Crippen LogP contribution >= 0.6 is 11.6 Å². The summed E-state index contributed by atoms with van der Waals surface area (Å²) < 4.78 is 5.39. The Labute approximate surface area is 214 Å². The van der Waals surface area contributed by atoms with Gasteiger partial charge in [0.1, 0.15) is 5.60 Å². The van der Waals surface area contributed by atoms with Gasteiger partial charge in [0.05, 0.1) is 12.6 Å². The molecule has 0 bridgehead atoms. The van der Waals surface area contributed by atoms with Crippen LogP contribution in [0.3, 0.4) is 0 Å². The Morgan fingerprint density at radius 1 is 1.19 bits per heavy atom. The van der Waals surface area contributed by atoms with Gasteiger partial charge in [0.15, 0.2) is 6.04 Å². The number of carboxylic acid groups (broad SMARTS) is 1. The van der Waals surface area contributed by atoms with Crippen molar-refractivity contribution in [2.45, 2.75) is 44.9 Å². The first-order valence-corrected chi connectivity index (χ1v) is 11.9. The number of hydrogen-bond donors (Lipinski definition) is 4. The van der Waals surface area contributed by atoms with Crippen LogP contribution in [0.5, 0.6) is 0 Å². The maximum Gasteiger partial charge on any atom is 0.411 e. The number of ether oxygens (including phenoxy) is 1. The van der Waals surface area contributed by atoms with Crippen molar-refractivity contribution < 1.29 is 24.5 Å². The molecule has 2 heterocycles. The monoisotopic (exact) mass is 521 g/mol. The molecule has 1 aliphatic rings. The third-order valence-corrected chi connectivity index (χ3v) is 5.77. The number of benzene rings is 1. The van der Waals surface area contributed by atoms with Gasteiger partial charge in [-0.25, -0.2) is 9.59 Å². The highest BCUT2D eigenvalue weighted by Gasteiger charge is 2.38. The number of piperazine rings is 1. The maximum absolute atomic E-state index is 12.6. The summed E-state index contributed by atoms with van der Waals surface area (Å²) in [6, 6.07) is 5.75. The Balaban J connectivity index is 1.86. The van der Waals surface area contributed by atoms with E-state index in [2.05, 4.69) is 25.6 Å². The Morgan fingerprint density at radius 2 is 1.89 bits per heavy atom. The number of amides is 1. The molecule has 1 aromatic heterocycles. The van der Waals surface area contributed by atoms with Crippen molar-refractivity contribution in [3.8, 4) is 0 Å². The molecule has 1 amide bonds. The Bertz CT molecular complexity index is 1080. The minimum atomic E-state index is -1.16. The second kappa shape index (κ2) is 11.6. The van der Waals surface area contributed by atoms with Crippen molar-refractivity contribution >= 4 is 41.5 Å². The van der Waals surface area contributed by atoms with Crippen molar-refractivity contribution in [2.24, 2.45) is 0 Å². The summed E-state index contributed by atoms with van der Waals surface area (Å²) in [6.07, 6.45) is -0.329. The minimum absolute atomic E-state index is 0.0359. The average molecular weight is 522 g/mol. The number of carbonyl (C=O) groups excluding carboxylic acids is 1. The first kappa shape index (κ1) is 27.2. The van der Waals surface area contributed by atoms with E-state index in [1.807, 2.05) is 18.2 Å². The number of rotatable bonds is 8. The van der Waals surface area contributed by atoms with Crippen LogP contribution in [0.2, 0.25) is 5.02 Å². The van der Waals surface area contributed by atoms with Gasteiger partial charge in [-0.05, 0) is 38.8 Å². The lowest BCUT2D eigenvalue weighted by molar-refractivity contribution is -0.143. The molecule has 1 aliphatic heterocycles. The number of aliphatic carboxylic acids is 1. The largest absolute Gasteiger partial charge is 0.480 e. The lowest BCUT2D eigenvalue weighted by Crippen LogP contribution is -2.59. The number of carboxylic acids is 1. The second-order valence-electron chi connectivity index (χ2n) is 9.24. The molecule has 0 spiro atoms. The van der Waals surface area contributed by atoms with E-state index in [0.29, 0.717) is 18.0 Å². The SMILES string of the molecule is CNc1nc(NC(CCO)c2ccccc2Cl)nc(N2CCN(C(=O)OC(C)(C)C)C(C(=O)O)C2)n1. The number of aromatic nitrogens is 3. The predicted octanol–water partition coefficient (Wildman–Crippen LogP) is 2.61. The number of hydrogen-bond acceptors (Lipinski definition) is 10. The summed E-state index contributed by atoms with van der Waals surface area (Å²) in [7, 11) is 1.66. The fourth-order valence-electron chi connectivity index (χ4n) is 3.75. The van der Waals surface area contributed by atoms with Crippen molar-refractivity contribution in [1.29, 1.82) is 0 Å². The molecular weight excluding hydrogens is 490 g/mol. The van der Waals surface area contributed by atoms with Gasteiger partial charge in [0.25, 0.3) is 0 Å². The number of halogens is 1. The molecule has 1 fully saturated rings. The van der Waals surface area contributed by atoms with Crippen molar-refractivity contribution in [3.63, 3.8) is 0 Å². The van der Waals surface area contributed by atoms with Gasteiger partial charge in [0.2, 0.25) is 17.8 Å². The Kier molecular flexibility index (Phi) is 8.75. The first-order valence-electron chi connectivity index (χ1n) is 11.6. The number of nitrogens with zero attached hydrogens (tertiary/aromatic N) is 5. The second-order valence-corrected chi connectivity index (χ2v) is 9.64. The topological polar surface area (TPSA) is 153 Å². The molecule has 12 nitrogen and oxygen atoms in total. The summed E-state index contributed by atoms with van der Waals surface area (Å²) in [5, 5.41) is 26.0. The lowest BCUT2D eigenvalue weighted by Gasteiger charge is -2.39. The maximum atomic E-state index is 12.6. The highest BCUT2D eigenvalue weighted by Crippen LogP contribution is 2.28. The summed E-state index contributed by atoms with van der Waals surface area (Å²) in [5.74, 6) is -0.419. The standard InChI is InChI=1S/C23H32ClN7O5/c1-23(2,3)36-22(35)31-11-10-30(13-17(31)18(33)34)21-28-19(25-4)27-20(29-21)26-16(9-12-32)14-7-5-6-8-15(14)24/h5-8,16-17,32H,9-13H2,1-4H3,(H,33,34)(H2,25,26,27,28,29). The summed E-state index contributed by atoms with van der Waals surface area (Å²) in [4.78, 5) is 40.8. The third kappa shape index (κ3) is 6.85. The zero-order valence-electron chi connectivity index (χ0n) is 20.7. The fraction of sp³-hybridized carbons (Fsp3) is 0.522. The third-order valence-electron chi connectivity index (χ3n) is 5.43. The van der Waals surface area contributed by atoms with Crippen LogP contribution in [-0.2, 0) is 9.53 Å². The van der Waals surface area contributed by atoms with E-state index in [0.717, 1.165) is 5.56 Å². The van der Waals surface area contributed by atoms with Gasteiger partial charge in [-0.2, -0.15) is 15.0 Å². The molecule has 1 aromatic carbocycles. The van der Waals surface area contributed by atoms with Crippen LogP contribution in [0.1, 0.15) is 38.8 Å². The molecular formula is C23H32ClN7O5.